The van der Waals surface area contributed by atoms with Crippen LogP contribution in [-0.4, -0.2) is 14.0 Å². The van der Waals surface area contributed by atoms with Crippen LogP contribution in [0.4, 0.5) is 0 Å². The van der Waals surface area contributed by atoms with E-state index in [1.54, 1.807) is 0 Å². The van der Waals surface area contributed by atoms with Crippen LogP contribution in [-0.2, 0) is 0 Å². The summed E-state index contributed by atoms with van der Waals surface area (Å²) in [7, 11) is -1.12. The zero-order chi connectivity index (χ0) is 6.62. The Balaban J connectivity index is 3.69. The maximum absolute atomic E-state index is 5.36. The summed E-state index contributed by atoms with van der Waals surface area (Å²) < 4.78 is 0. The van der Waals surface area contributed by atoms with E-state index < -0.39 is 8.07 Å². The Morgan fingerprint density at radius 3 is 2.00 bits per heavy atom. The summed E-state index contributed by atoms with van der Waals surface area (Å²) in [6, 6.07) is 0. The van der Waals surface area contributed by atoms with E-state index in [0.29, 0.717) is 5.88 Å². The van der Waals surface area contributed by atoms with Gasteiger partial charge in [0.05, 0.1) is 5.88 Å². The summed E-state index contributed by atoms with van der Waals surface area (Å²) >= 11 is 5.36. The maximum atomic E-state index is 5.36. The van der Waals surface area contributed by atoms with Crippen LogP contribution in [0.15, 0.2) is 0 Å². The van der Waals surface area contributed by atoms with Crippen molar-refractivity contribution >= 4 is 19.7 Å². The molecule has 0 amide bonds. The minimum atomic E-state index is -1.12. The first-order valence-electron chi connectivity index (χ1n) is 2.62. The maximum Gasteiger partial charge on any atom is 0.129 e. The molecule has 0 aliphatic rings. The zero-order valence-corrected chi connectivity index (χ0v) is 7.34. The van der Waals surface area contributed by atoms with Crippen LogP contribution in [0.25, 0.3) is 0 Å². The van der Waals surface area contributed by atoms with Gasteiger partial charge in [0, 0.05) is 0 Å². The van der Waals surface area contributed by atoms with Gasteiger partial charge in [0.25, 0.3) is 0 Å². The van der Waals surface area contributed by atoms with Gasteiger partial charge in [0.2, 0.25) is 0 Å². The summed E-state index contributed by atoms with van der Waals surface area (Å²) in [4.78, 5) is 0. The summed E-state index contributed by atoms with van der Waals surface area (Å²) in [6.45, 7) is 6.60. The summed E-state index contributed by atoms with van der Waals surface area (Å²) in [6.07, 6.45) is 0. The van der Waals surface area contributed by atoms with E-state index in [-0.39, 0.29) is 0 Å². The lowest BCUT2D eigenvalue weighted by molar-refractivity contribution is 1.80. The predicted octanol–water partition coefficient (Wildman–Crippen LogP) is 2.11. The van der Waals surface area contributed by atoms with Crippen LogP contribution >= 0.6 is 11.6 Å². The standard InChI is InChI=1S/C6H11ClSi/c1-8(2,3)6-4-5-7/h5H2,1-3H3. The SMILES string of the molecule is C[Si](C)(C)C#CCCl. The molecule has 0 radical (unpaired) electrons. The van der Waals surface area contributed by atoms with Crippen molar-refractivity contribution in [3.8, 4) is 11.5 Å². The second-order valence-corrected chi connectivity index (χ2v) is 7.70. The third kappa shape index (κ3) is 6.07. The molecule has 0 nitrogen and oxygen atoms in total. The van der Waals surface area contributed by atoms with Gasteiger partial charge in [-0.15, -0.1) is 17.1 Å². The molecular weight excluding hydrogens is 136 g/mol. The van der Waals surface area contributed by atoms with Crippen molar-refractivity contribution in [1.82, 2.24) is 0 Å². The highest BCUT2D eigenvalue weighted by Gasteiger charge is 2.06. The highest BCUT2D eigenvalue weighted by molar-refractivity contribution is 6.83. The largest absolute Gasteiger partial charge is 0.131 e. The van der Waals surface area contributed by atoms with Crippen LogP contribution in [0.1, 0.15) is 0 Å². The Morgan fingerprint density at radius 1 is 1.38 bits per heavy atom. The van der Waals surface area contributed by atoms with Crippen LogP contribution in [0, 0.1) is 11.5 Å². The third-order valence-corrected chi connectivity index (χ3v) is 1.59. The average molecular weight is 147 g/mol. The molecule has 0 aliphatic heterocycles. The molecule has 0 heterocycles. The van der Waals surface area contributed by atoms with Crippen molar-refractivity contribution in [2.24, 2.45) is 0 Å². The van der Waals surface area contributed by atoms with Gasteiger partial charge in [-0.05, 0) is 0 Å². The molecule has 0 bridgehead atoms. The van der Waals surface area contributed by atoms with E-state index in [2.05, 4.69) is 31.1 Å². The number of alkyl halides is 1. The second-order valence-electron chi connectivity index (χ2n) is 2.69. The summed E-state index contributed by atoms with van der Waals surface area (Å²) in [5.41, 5.74) is 3.13. The molecule has 0 aromatic rings. The minimum Gasteiger partial charge on any atom is -0.131 e. The highest BCUT2D eigenvalue weighted by Crippen LogP contribution is 1.95. The number of hydrogen-bond donors (Lipinski definition) is 0. The second kappa shape index (κ2) is 3.16. The first kappa shape index (κ1) is 8.07. The summed E-state index contributed by atoms with van der Waals surface area (Å²) in [5.74, 6) is 3.34. The van der Waals surface area contributed by atoms with Gasteiger partial charge in [0.15, 0.2) is 0 Å². The molecular formula is C6H11ClSi. The Morgan fingerprint density at radius 2 is 1.88 bits per heavy atom. The molecule has 46 valence electrons. The fraction of sp³-hybridized carbons (Fsp3) is 0.667. The highest BCUT2D eigenvalue weighted by atomic mass is 35.5. The van der Waals surface area contributed by atoms with E-state index in [4.69, 9.17) is 11.6 Å². The fourth-order valence-electron chi connectivity index (χ4n) is 0.299. The van der Waals surface area contributed by atoms with E-state index in [1.807, 2.05) is 0 Å². The smallest absolute Gasteiger partial charge is 0.129 e. The van der Waals surface area contributed by atoms with Gasteiger partial charge >= 0.3 is 0 Å². The van der Waals surface area contributed by atoms with Crippen molar-refractivity contribution in [2.45, 2.75) is 19.6 Å². The molecule has 0 saturated heterocycles. The average Bonchev–Trinajstić information content (AvgIpc) is 1.59. The van der Waals surface area contributed by atoms with Crippen LogP contribution in [0.5, 0.6) is 0 Å². The molecule has 0 aromatic carbocycles. The van der Waals surface area contributed by atoms with Gasteiger partial charge in [-0.25, -0.2) is 0 Å². The molecule has 8 heavy (non-hydrogen) atoms. The number of rotatable bonds is 0. The van der Waals surface area contributed by atoms with Crippen LogP contribution in [0.2, 0.25) is 19.6 Å². The van der Waals surface area contributed by atoms with Crippen LogP contribution in [0.3, 0.4) is 0 Å². The minimum absolute atomic E-state index is 0.476. The molecule has 0 aromatic heterocycles. The molecule has 0 saturated carbocycles. The molecule has 0 atom stereocenters. The molecule has 0 aliphatic carbocycles. The van der Waals surface area contributed by atoms with E-state index in [0.717, 1.165) is 0 Å². The van der Waals surface area contributed by atoms with Gasteiger partial charge in [-0.2, -0.15) is 0 Å². The number of halogens is 1. The topological polar surface area (TPSA) is 0 Å². The quantitative estimate of drug-likeness (QED) is 0.279. The lowest BCUT2D eigenvalue weighted by atomic mass is 10.8. The lowest BCUT2D eigenvalue weighted by Gasteiger charge is -2.02. The Hall–Kier alpha value is 0.0669. The van der Waals surface area contributed by atoms with E-state index in [1.165, 1.54) is 0 Å². The molecule has 0 rings (SSSR count). The van der Waals surface area contributed by atoms with Gasteiger partial charge in [-0.1, -0.05) is 25.6 Å². The van der Waals surface area contributed by atoms with Crippen LogP contribution < -0.4 is 0 Å². The van der Waals surface area contributed by atoms with Crippen molar-refractivity contribution in [3.63, 3.8) is 0 Å². The van der Waals surface area contributed by atoms with Gasteiger partial charge in [0.1, 0.15) is 8.07 Å². The summed E-state index contributed by atoms with van der Waals surface area (Å²) in [5, 5.41) is 0. The Labute approximate surface area is 57.2 Å². The normalized spacial score (nSPS) is 10.0. The molecule has 0 unspecified atom stereocenters. The fourth-order valence-corrected chi connectivity index (χ4v) is 1.10. The predicted molar refractivity (Wildman–Crippen MR) is 41.8 cm³/mol. The molecule has 0 fully saturated rings. The molecule has 0 spiro atoms. The van der Waals surface area contributed by atoms with Crippen molar-refractivity contribution < 1.29 is 0 Å². The first-order chi connectivity index (χ1) is 3.56. The molecule has 2 heteroatoms. The third-order valence-electron chi connectivity index (χ3n) is 0.530. The van der Waals surface area contributed by atoms with Crippen molar-refractivity contribution in [3.05, 3.63) is 0 Å². The first-order valence-corrected chi connectivity index (χ1v) is 6.66. The molecule has 0 N–H and O–H groups in total. The lowest BCUT2D eigenvalue weighted by Crippen LogP contribution is -2.16. The Bertz CT molecular complexity index is 113. The van der Waals surface area contributed by atoms with E-state index >= 15 is 0 Å². The van der Waals surface area contributed by atoms with Gasteiger partial charge in [-0.3, -0.25) is 0 Å². The Kier molecular flexibility index (Phi) is 3.19. The number of hydrogen-bond acceptors (Lipinski definition) is 0. The van der Waals surface area contributed by atoms with Crippen molar-refractivity contribution in [1.29, 1.82) is 0 Å². The zero-order valence-electron chi connectivity index (χ0n) is 5.59. The van der Waals surface area contributed by atoms with Crippen molar-refractivity contribution in [2.75, 3.05) is 5.88 Å². The van der Waals surface area contributed by atoms with E-state index in [9.17, 15) is 0 Å². The monoisotopic (exact) mass is 146 g/mol. The van der Waals surface area contributed by atoms with Gasteiger partial charge < -0.3 is 0 Å².